The lowest BCUT2D eigenvalue weighted by molar-refractivity contribution is -0.139. The number of methoxy groups -OCH3 is 1. The quantitative estimate of drug-likeness (QED) is 0.218. The Morgan fingerprint density at radius 2 is 1.49 bits per heavy atom. The van der Waals surface area contributed by atoms with Crippen LogP contribution in [0.2, 0.25) is 10.0 Å². The Bertz CT molecular complexity index is 1670. The number of hydrogen-bond donors (Lipinski definition) is 1. The van der Waals surface area contributed by atoms with Crippen LogP contribution in [-0.4, -0.2) is 51.9 Å². The molecule has 0 aliphatic carbocycles. The number of hydrogen-bond acceptors (Lipinski definition) is 5. The zero-order valence-electron chi connectivity index (χ0n) is 23.6. The lowest BCUT2D eigenvalue weighted by Gasteiger charge is -2.33. The van der Waals surface area contributed by atoms with Crippen LogP contribution in [0.15, 0.2) is 108 Å². The Morgan fingerprint density at radius 1 is 0.860 bits per heavy atom. The molecule has 0 fully saturated rings. The molecule has 4 aromatic carbocycles. The number of ether oxygens (including phenoxy) is 1. The van der Waals surface area contributed by atoms with Gasteiger partial charge in [0, 0.05) is 25.0 Å². The molecule has 11 heteroatoms. The maximum Gasteiger partial charge on any atom is 0.264 e. The van der Waals surface area contributed by atoms with Crippen LogP contribution in [0.25, 0.3) is 0 Å². The molecule has 0 aliphatic heterocycles. The van der Waals surface area contributed by atoms with Crippen LogP contribution in [0.3, 0.4) is 0 Å². The van der Waals surface area contributed by atoms with Crippen molar-refractivity contribution in [3.63, 3.8) is 0 Å². The van der Waals surface area contributed by atoms with Gasteiger partial charge in [-0.1, -0.05) is 89.9 Å². The minimum Gasteiger partial charge on any atom is -0.495 e. The molecule has 0 saturated heterocycles. The van der Waals surface area contributed by atoms with Crippen LogP contribution in [0.4, 0.5) is 5.69 Å². The highest BCUT2D eigenvalue weighted by atomic mass is 35.5. The van der Waals surface area contributed by atoms with E-state index in [0.717, 1.165) is 9.87 Å². The number of carbonyl (C=O) groups is 2. The summed E-state index contributed by atoms with van der Waals surface area (Å²) in [5.74, 6) is -0.679. The van der Waals surface area contributed by atoms with Gasteiger partial charge in [0.15, 0.2) is 0 Å². The van der Waals surface area contributed by atoms with Gasteiger partial charge in [-0.2, -0.15) is 0 Å². The molecule has 0 aromatic heterocycles. The summed E-state index contributed by atoms with van der Waals surface area (Å²) >= 11 is 12.9. The highest BCUT2D eigenvalue weighted by molar-refractivity contribution is 7.92. The van der Waals surface area contributed by atoms with E-state index in [-0.39, 0.29) is 28.6 Å². The Labute approximate surface area is 261 Å². The number of carbonyl (C=O) groups excluding carboxylic acids is 2. The van der Waals surface area contributed by atoms with Crippen molar-refractivity contribution in [2.75, 3.05) is 25.0 Å². The summed E-state index contributed by atoms with van der Waals surface area (Å²) in [6.07, 6.45) is 0.191. The van der Waals surface area contributed by atoms with Crippen LogP contribution in [-0.2, 0) is 32.6 Å². The monoisotopic (exact) mass is 639 g/mol. The number of nitrogens with zero attached hydrogens (tertiary/aromatic N) is 2. The van der Waals surface area contributed by atoms with E-state index < -0.39 is 34.4 Å². The first-order valence-electron chi connectivity index (χ1n) is 13.4. The fourth-order valence-electron chi connectivity index (χ4n) is 4.59. The van der Waals surface area contributed by atoms with Crippen molar-refractivity contribution >= 4 is 50.7 Å². The topological polar surface area (TPSA) is 96.0 Å². The van der Waals surface area contributed by atoms with E-state index in [0.29, 0.717) is 16.3 Å². The minimum atomic E-state index is -4.25. The molecule has 8 nitrogen and oxygen atoms in total. The Kier molecular flexibility index (Phi) is 10.7. The van der Waals surface area contributed by atoms with Crippen molar-refractivity contribution in [1.29, 1.82) is 0 Å². The molecular weight excluding hydrogens is 609 g/mol. The Balaban J connectivity index is 1.81. The van der Waals surface area contributed by atoms with Gasteiger partial charge in [0.2, 0.25) is 11.8 Å². The molecule has 0 unspecified atom stereocenters. The highest BCUT2D eigenvalue weighted by Crippen LogP contribution is 2.32. The zero-order chi connectivity index (χ0) is 31.0. The maximum absolute atomic E-state index is 14.3. The normalized spacial score (nSPS) is 11.8. The van der Waals surface area contributed by atoms with Gasteiger partial charge in [0.05, 0.1) is 22.7 Å². The predicted molar refractivity (Wildman–Crippen MR) is 169 cm³/mol. The van der Waals surface area contributed by atoms with Crippen molar-refractivity contribution in [1.82, 2.24) is 10.2 Å². The number of benzene rings is 4. The lowest BCUT2D eigenvalue weighted by atomic mass is 10.0. The van der Waals surface area contributed by atoms with Crippen molar-refractivity contribution in [3.8, 4) is 5.75 Å². The van der Waals surface area contributed by atoms with Gasteiger partial charge in [-0.05, 0) is 47.5 Å². The van der Waals surface area contributed by atoms with Gasteiger partial charge in [0.1, 0.15) is 18.3 Å². The minimum absolute atomic E-state index is 0.0143. The van der Waals surface area contributed by atoms with E-state index in [1.807, 2.05) is 30.3 Å². The number of sulfonamides is 1. The molecule has 0 saturated carbocycles. The maximum atomic E-state index is 14.3. The molecule has 0 spiro atoms. The Morgan fingerprint density at radius 3 is 2.09 bits per heavy atom. The Hall–Kier alpha value is -4.05. The van der Waals surface area contributed by atoms with Crippen molar-refractivity contribution in [2.45, 2.75) is 23.9 Å². The summed E-state index contributed by atoms with van der Waals surface area (Å²) in [6.45, 7) is -0.654. The van der Waals surface area contributed by atoms with Crippen LogP contribution >= 0.6 is 23.2 Å². The lowest BCUT2D eigenvalue weighted by Crippen LogP contribution is -2.53. The number of rotatable bonds is 12. The van der Waals surface area contributed by atoms with Crippen LogP contribution in [0.1, 0.15) is 11.1 Å². The third kappa shape index (κ3) is 7.67. The summed E-state index contributed by atoms with van der Waals surface area (Å²) in [5, 5.41) is 3.23. The number of halogens is 2. The molecule has 1 atom stereocenters. The highest BCUT2D eigenvalue weighted by Gasteiger charge is 2.34. The average molecular weight is 641 g/mol. The molecule has 4 rings (SSSR count). The molecule has 0 radical (unpaired) electrons. The molecule has 0 bridgehead atoms. The third-order valence-electron chi connectivity index (χ3n) is 6.85. The van der Waals surface area contributed by atoms with Crippen molar-refractivity contribution < 1.29 is 22.7 Å². The van der Waals surface area contributed by atoms with Gasteiger partial charge in [0.25, 0.3) is 10.0 Å². The molecule has 0 heterocycles. The van der Waals surface area contributed by atoms with Crippen LogP contribution in [0, 0.1) is 0 Å². The van der Waals surface area contributed by atoms with Gasteiger partial charge in [-0.3, -0.25) is 13.9 Å². The second-order valence-electron chi connectivity index (χ2n) is 9.58. The van der Waals surface area contributed by atoms with E-state index in [1.54, 1.807) is 42.5 Å². The average Bonchev–Trinajstić information content (AvgIpc) is 3.02. The second-order valence-corrected chi connectivity index (χ2v) is 12.3. The molecule has 4 aromatic rings. The second kappa shape index (κ2) is 14.4. The van der Waals surface area contributed by atoms with Crippen molar-refractivity contribution in [3.05, 3.63) is 124 Å². The summed E-state index contributed by atoms with van der Waals surface area (Å²) < 4.78 is 34.2. The number of likely N-dealkylation sites (N-methyl/N-ethyl adjacent to an activating group) is 1. The fourth-order valence-corrected chi connectivity index (χ4v) is 6.46. The first-order valence-corrected chi connectivity index (χ1v) is 15.5. The molecular formula is C32H31Cl2N3O5S. The summed E-state index contributed by atoms with van der Waals surface area (Å²) in [5.41, 5.74) is 1.58. The molecule has 43 heavy (non-hydrogen) atoms. The number of amides is 2. The van der Waals surface area contributed by atoms with Crippen LogP contribution in [0.5, 0.6) is 5.75 Å². The third-order valence-corrected chi connectivity index (χ3v) is 9.30. The first-order chi connectivity index (χ1) is 20.6. The van der Waals surface area contributed by atoms with E-state index in [1.165, 1.54) is 49.4 Å². The smallest absolute Gasteiger partial charge is 0.264 e. The zero-order valence-corrected chi connectivity index (χ0v) is 25.9. The van der Waals surface area contributed by atoms with E-state index >= 15 is 0 Å². The van der Waals surface area contributed by atoms with Gasteiger partial charge < -0.3 is 15.0 Å². The van der Waals surface area contributed by atoms with Crippen molar-refractivity contribution in [2.24, 2.45) is 0 Å². The standard InChI is InChI=1S/C32H31Cl2N3O5S/c1-35-32(39)29(19-23-11-5-3-6-12-23)36(21-24-13-9-10-16-27(24)33)31(38)22-37(25-17-18-30(42-2)28(34)20-25)43(40,41)26-14-7-4-8-15-26/h3-18,20,29H,19,21-22H2,1-2H3,(H,35,39)/t29-/m0/s1. The predicted octanol–water partition coefficient (Wildman–Crippen LogP) is 5.58. The van der Waals surface area contributed by atoms with Crippen LogP contribution < -0.4 is 14.4 Å². The molecule has 224 valence electrons. The summed E-state index contributed by atoms with van der Waals surface area (Å²) in [4.78, 5) is 29.0. The largest absolute Gasteiger partial charge is 0.495 e. The van der Waals surface area contributed by atoms with Gasteiger partial charge >= 0.3 is 0 Å². The molecule has 2 amide bonds. The van der Waals surface area contributed by atoms with Gasteiger partial charge in [-0.15, -0.1) is 0 Å². The molecule has 1 N–H and O–H groups in total. The van der Waals surface area contributed by atoms with E-state index in [4.69, 9.17) is 27.9 Å². The summed E-state index contributed by atoms with van der Waals surface area (Å²) in [7, 11) is -1.32. The first kappa shape index (κ1) is 31.9. The number of anilines is 1. The van der Waals surface area contributed by atoms with E-state index in [2.05, 4.69) is 5.32 Å². The van der Waals surface area contributed by atoms with Gasteiger partial charge in [-0.25, -0.2) is 8.42 Å². The SMILES string of the molecule is CNC(=O)[C@H](Cc1ccccc1)N(Cc1ccccc1Cl)C(=O)CN(c1ccc(OC)c(Cl)c1)S(=O)(=O)c1ccccc1. The molecule has 0 aliphatic rings. The fraction of sp³-hybridized carbons (Fsp3) is 0.188. The summed E-state index contributed by atoms with van der Waals surface area (Å²) in [6, 6.07) is 27.5. The van der Waals surface area contributed by atoms with E-state index in [9.17, 15) is 18.0 Å². The number of nitrogens with one attached hydrogen (secondary N) is 1.